The monoisotopic (exact) mass is 367 g/mol. The Morgan fingerprint density at radius 1 is 0.958 bits per heavy atom. The zero-order valence-electron chi connectivity index (χ0n) is 15.9. The molecule has 0 radical (unpaired) electrons. The van der Waals surface area contributed by atoms with Gasteiger partial charge in [0.15, 0.2) is 0 Å². The highest BCUT2D eigenvalue weighted by Crippen LogP contribution is 2.49. The molecular weight excluding hydrogens is 330 g/mol. The number of thioether (sulfide) groups is 2. The average Bonchev–Trinajstić information content (AvgIpc) is 2.63. The Bertz CT molecular complexity index is 374. The van der Waals surface area contributed by atoms with E-state index in [2.05, 4.69) is 43.4 Å². The van der Waals surface area contributed by atoms with Crippen LogP contribution in [0.2, 0.25) is 0 Å². The summed E-state index contributed by atoms with van der Waals surface area (Å²) in [6, 6.07) is 2.74. The van der Waals surface area contributed by atoms with E-state index in [0.717, 1.165) is 35.7 Å². The second-order valence-corrected chi connectivity index (χ2v) is 10.7. The fraction of sp³-hybridized carbons (Fsp3) is 0.952. The van der Waals surface area contributed by atoms with Crippen LogP contribution in [0.25, 0.3) is 0 Å². The molecule has 0 unspecified atom stereocenters. The average molecular weight is 368 g/mol. The van der Waals surface area contributed by atoms with Crippen molar-refractivity contribution < 1.29 is 0 Å². The third-order valence-corrected chi connectivity index (χ3v) is 9.63. The number of hydrogen-bond donors (Lipinski definition) is 0. The summed E-state index contributed by atoms with van der Waals surface area (Å²) in [4.78, 5) is 0. The quantitative estimate of drug-likeness (QED) is 0.400. The van der Waals surface area contributed by atoms with Crippen molar-refractivity contribution >= 4 is 23.5 Å². The summed E-state index contributed by atoms with van der Waals surface area (Å²) in [7, 11) is 0. The molecule has 2 fully saturated rings. The van der Waals surface area contributed by atoms with Crippen LogP contribution >= 0.6 is 23.5 Å². The van der Waals surface area contributed by atoms with Gasteiger partial charge in [-0.3, -0.25) is 0 Å². The first-order valence-electron chi connectivity index (χ1n) is 10.4. The van der Waals surface area contributed by atoms with Crippen LogP contribution in [0, 0.1) is 28.6 Å². The third-order valence-electron chi connectivity index (χ3n) is 6.06. The number of rotatable bonds is 9. The van der Waals surface area contributed by atoms with Gasteiger partial charge in [-0.25, -0.2) is 0 Å². The van der Waals surface area contributed by atoms with Crippen molar-refractivity contribution in [2.24, 2.45) is 17.3 Å². The second kappa shape index (κ2) is 11.0. The summed E-state index contributed by atoms with van der Waals surface area (Å²) >= 11 is 4.47. The SMILES string of the molecule is CCCCCCCC1(C#N)CCC(C2SCC(CCC)CS2)CC1. The molecule has 24 heavy (non-hydrogen) atoms. The molecule has 0 atom stereocenters. The number of nitriles is 1. The van der Waals surface area contributed by atoms with Crippen molar-refractivity contribution in [2.45, 2.75) is 95.5 Å². The fourth-order valence-electron chi connectivity index (χ4n) is 4.35. The highest BCUT2D eigenvalue weighted by molar-refractivity contribution is 8.17. The maximum Gasteiger partial charge on any atom is 0.0689 e. The van der Waals surface area contributed by atoms with Crippen LogP contribution in [0.15, 0.2) is 0 Å². The van der Waals surface area contributed by atoms with Gasteiger partial charge in [0.1, 0.15) is 0 Å². The summed E-state index contributed by atoms with van der Waals surface area (Å²) < 4.78 is 0.819. The summed E-state index contributed by atoms with van der Waals surface area (Å²) in [5.74, 6) is 4.57. The number of hydrogen-bond acceptors (Lipinski definition) is 3. The molecule has 1 saturated heterocycles. The predicted molar refractivity (Wildman–Crippen MR) is 110 cm³/mol. The molecule has 0 amide bonds. The maximum atomic E-state index is 9.77. The van der Waals surface area contributed by atoms with E-state index in [4.69, 9.17) is 0 Å². The minimum Gasteiger partial charge on any atom is -0.198 e. The van der Waals surface area contributed by atoms with Gasteiger partial charge in [0.2, 0.25) is 0 Å². The van der Waals surface area contributed by atoms with Crippen LogP contribution in [0.1, 0.15) is 90.9 Å². The number of unbranched alkanes of at least 4 members (excludes halogenated alkanes) is 4. The van der Waals surface area contributed by atoms with Crippen LogP contribution in [-0.2, 0) is 0 Å². The summed E-state index contributed by atoms with van der Waals surface area (Å²) in [6.07, 6.45) is 15.4. The Balaban J connectivity index is 1.70. The first kappa shape index (κ1) is 20.5. The molecule has 3 heteroatoms. The van der Waals surface area contributed by atoms with Crippen molar-refractivity contribution in [3.8, 4) is 6.07 Å². The topological polar surface area (TPSA) is 23.8 Å². The minimum absolute atomic E-state index is 0.0253. The first-order chi connectivity index (χ1) is 11.7. The second-order valence-electron chi connectivity index (χ2n) is 8.08. The molecule has 1 saturated carbocycles. The number of nitrogens with zero attached hydrogens (tertiary/aromatic N) is 1. The van der Waals surface area contributed by atoms with E-state index >= 15 is 0 Å². The van der Waals surface area contributed by atoms with E-state index in [1.54, 1.807) is 0 Å². The lowest BCUT2D eigenvalue weighted by Crippen LogP contribution is -2.31. The van der Waals surface area contributed by atoms with Gasteiger partial charge in [0.05, 0.1) is 16.1 Å². The highest BCUT2D eigenvalue weighted by Gasteiger charge is 2.38. The van der Waals surface area contributed by atoms with Gasteiger partial charge in [-0.15, -0.1) is 23.5 Å². The van der Waals surface area contributed by atoms with Crippen LogP contribution in [0.4, 0.5) is 0 Å². The third kappa shape index (κ3) is 6.17. The van der Waals surface area contributed by atoms with Gasteiger partial charge >= 0.3 is 0 Å². The Morgan fingerprint density at radius 3 is 2.21 bits per heavy atom. The van der Waals surface area contributed by atoms with E-state index in [1.165, 1.54) is 69.3 Å². The van der Waals surface area contributed by atoms with Gasteiger partial charge in [0.25, 0.3) is 0 Å². The zero-order chi connectivity index (χ0) is 17.3. The smallest absolute Gasteiger partial charge is 0.0689 e. The van der Waals surface area contributed by atoms with E-state index in [0.29, 0.717) is 0 Å². The van der Waals surface area contributed by atoms with Gasteiger partial charge in [-0.1, -0.05) is 52.4 Å². The molecule has 0 aromatic carbocycles. The van der Waals surface area contributed by atoms with Crippen LogP contribution in [0.3, 0.4) is 0 Å². The molecular formula is C21H37NS2. The molecule has 2 aliphatic rings. The van der Waals surface area contributed by atoms with Crippen LogP contribution in [-0.4, -0.2) is 16.1 Å². The lowest BCUT2D eigenvalue weighted by atomic mass is 9.69. The van der Waals surface area contributed by atoms with Gasteiger partial charge < -0.3 is 0 Å². The van der Waals surface area contributed by atoms with E-state index in [9.17, 15) is 5.26 Å². The van der Waals surface area contributed by atoms with Gasteiger partial charge in [-0.2, -0.15) is 5.26 Å². The Morgan fingerprint density at radius 2 is 1.62 bits per heavy atom. The molecule has 0 aromatic rings. The van der Waals surface area contributed by atoms with E-state index in [-0.39, 0.29) is 5.41 Å². The highest BCUT2D eigenvalue weighted by atomic mass is 32.2. The molecule has 1 aliphatic heterocycles. The first-order valence-corrected chi connectivity index (χ1v) is 12.5. The van der Waals surface area contributed by atoms with Crippen molar-refractivity contribution in [1.82, 2.24) is 0 Å². The molecule has 2 rings (SSSR count). The van der Waals surface area contributed by atoms with Crippen LogP contribution in [0.5, 0.6) is 0 Å². The normalized spacial score (nSPS) is 34.0. The zero-order valence-corrected chi connectivity index (χ0v) is 17.5. The Labute approximate surface area is 159 Å². The molecule has 1 nitrogen and oxygen atoms in total. The van der Waals surface area contributed by atoms with Crippen molar-refractivity contribution in [3.05, 3.63) is 0 Å². The van der Waals surface area contributed by atoms with Crippen molar-refractivity contribution in [3.63, 3.8) is 0 Å². The van der Waals surface area contributed by atoms with Gasteiger partial charge in [-0.05, 0) is 61.9 Å². The molecule has 0 N–H and O–H groups in total. The standard InChI is InChI=1S/C21H37NS2/c1-3-5-6-7-8-12-21(17-22)13-10-19(11-14-21)20-23-15-18(9-4-2)16-24-20/h18-20H,3-16H2,1-2H3. The summed E-state index contributed by atoms with van der Waals surface area (Å²) in [5.41, 5.74) is 0.0253. The minimum atomic E-state index is 0.0253. The molecule has 138 valence electrons. The molecule has 0 spiro atoms. The molecule has 0 bridgehead atoms. The Kier molecular flexibility index (Phi) is 9.41. The Hall–Kier alpha value is 0.190. The van der Waals surface area contributed by atoms with E-state index in [1.807, 2.05) is 0 Å². The lowest BCUT2D eigenvalue weighted by molar-refractivity contribution is 0.199. The van der Waals surface area contributed by atoms with E-state index < -0.39 is 0 Å². The summed E-state index contributed by atoms with van der Waals surface area (Å²) in [5, 5.41) is 9.77. The van der Waals surface area contributed by atoms with Crippen molar-refractivity contribution in [1.29, 1.82) is 5.26 Å². The summed E-state index contributed by atoms with van der Waals surface area (Å²) in [6.45, 7) is 4.58. The molecule has 0 aromatic heterocycles. The molecule has 1 aliphatic carbocycles. The van der Waals surface area contributed by atoms with Crippen molar-refractivity contribution in [2.75, 3.05) is 11.5 Å². The fourth-order valence-corrected chi connectivity index (χ4v) is 7.94. The van der Waals surface area contributed by atoms with Gasteiger partial charge in [0, 0.05) is 0 Å². The maximum absolute atomic E-state index is 9.77. The molecule has 1 heterocycles. The largest absolute Gasteiger partial charge is 0.198 e. The predicted octanol–water partition coefficient (Wildman–Crippen LogP) is 7.27. The van der Waals surface area contributed by atoms with Crippen LogP contribution < -0.4 is 0 Å². The lowest BCUT2D eigenvalue weighted by Gasteiger charge is -2.40.